The largest absolute Gasteiger partial charge is 0.391 e. The molecule has 0 spiro atoms. The summed E-state index contributed by atoms with van der Waals surface area (Å²) in [4.78, 5) is 8.55. The van der Waals surface area contributed by atoms with Crippen molar-refractivity contribution in [3.63, 3.8) is 0 Å². The van der Waals surface area contributed by atoms with Crippen LogP contribution in [0.4, 0.5) is 0 Å². The molecule has 3 rings (SSSR count). The first-order valence-corrected chi connectivity index (χ1v) is 9.18. The van der Waals surface area contributed by atoms with E-state index in [1.54, 1.807) is 0 Å². The first-order valence-electron chi connectivity index (χ1n) is 7.14. The van der Waals surface area contributed by atoms with Crippen molar-refractivity contribution in [1.29, 1.82) is 0 Å². The molecule has 2 aromatic rings. The number of rotatable bonds is 4. The summed E-state index contributed by atoms with van der Waals surface area (Å²) in [5, 5.41) is 21.1. The molecule has 7 heteroatoms. The Morgan fingerprint density at radius 2 is 2.09 bits per heavy atom. The molecule has 2 N–H and O–H groups in total. The van der Waals surface area contributed by atoms with E-state index in [0.29, 0.717) is 22.8 Å². The number of aliphatic hydroxyl groups is 2. The topological polar surface area (TPSA) is 66.2 Å². The molecule has 0 radical (unpaired) electrons. The average molecular weight is 371 g/mol. The normalized spacial score (nSPS) is 23.1. The fourth-order valence-corrected chi connectivity index (χ4v) is 4.03. The number of fused-ring (bicyclic) bond motifs is 1. The number of alkyl halides is 1. The van der Waals surface area contributed by atoms with E-state index in [4.69, 9.17) is 23.2 Å². The molecule has 0 fully saturated rings. The van der Waals surface area contributed by atoms with Gasteiger partial charge in [0.2, 0.25) is 0 Å². The molecule has 0 saturated heterocycles. The molecule has 23 heavy (non-hydrogen) atoms. The lowest BCUT2D eigenvalue weighted by atomic mass is 9.89. The maximum Gasteiger partial charge on any atom is 0.188 e. The Balaban J connectivity index is 2.06. The van der Waals surface area contributed by atoms with Gasteiger partial charge in [-0.05, 0) is 23.8 Å². The highest BCUT2D eigenvalue weighted by molar-refractivity contribution is 7.98. The molecule has 1 heterocycles. The van der Waals surface area contributed by atoms with Gasteiger partial charge in [-0.1, -0.05) is 47.6 Å². The van der Waals surface area contributed by atoms with Gasteiger partial charge in [0.15, 0.2) is 5.16 Å². The van der Waals surface area contributed by atoms with Gasteiger partial charge in [-0.15, -0.1) is 11.6 Å². The van der Waals surface area contributed by atoms with Crippen molar-refractivity contribution in [2.75, 3.05) is 6.26 Å². The zero-order valence-electron chi connectivity index (χ0n) is 12.5. The highest BCUT2D eigenvalue weighted by Gasteiger charge is 2.45. The maximum atomic E-state index is 11.2. The molecule has 1 aromatic carbocycles. The predicted octanol–water partition coefficient (Wildman–Crippen LogP) is 2.94. The van der Waals surface area contributed by atoms with E-state index < -0.39 is 11.0 Å². The van der Waals surface area contributed by atoms with Crippen LogP contribution in [0.3, 0.4) is 0 Å². The Labute approximate surface area is 148 Å². The van der Waals surface area contributed by atoms with Crippen molar-refractivity contribution < 1.29 is 10.2 Å². The summed E-state index contributed by atoms with van der Waals surface area (Å²) in [5.74, 6) is 0. The van der Waals surface area contributed by atoms with Gasteiger partial charge in [-0.3, -0.25) is 0 Å². The molecule has 0 saturated carbocycles. The number of aliphatic hydroxyl groups excluding tert-OH is 1. The SMILES string of the molecule is CSc1nc(Cl)c(CO)c(CC2(O)c3ccccc3CC2Cl)n1. The minimum absolute atomic E-state index is 0.184. The van der Waals surface area contributed by atoms with Crippen molar-refractivity contribution in [1.82, 2.24) is 9.97 Å². The maximum absolute atomic E-state index is 11.2. The number of hydrogen-bond donors (Lipinski definition) is 2. The van der Waals surface area contributed by atoms with E-state index in [0.717, 1.165) is 11.1 Å². The van der Waals surface area contributed by atoms with Crippen LogP contribution in [0.25, 0.3) is 0 Å². The van der Waals surface area contributed by atoms with Crippen molar-refractivity contribution >= 4 is 35.0 Å². The third-order valence-corrected chi connectivity index (χ3v) is 5.58. The number of thioether (sulfide) groups is 1. The molecule has 122 valence electrons. The van der Waals surface area contributed by atoms with Crippen LogP contribution in [0.5, 0.6) is 0 Å². The summed E-state index contributed by atoms with van der Waals surface area (Å²) in [6.07, 6.45) is 2.62. The fraction of sp³-hybridized carbons (Fsp3) is 0.375. The summed E-state index contributed by atoms with van der Waals surface area (Å²) in [7, 11) is 0. The molecule has 1 aromatic heterocycles. The molecule has 0 bridgehead atoms. The number of halogens is 2. The summed E-state index contributed by atoms with van der Waals surface area (Å²) in [5.41, 5.74) is 1.57. The summed E-state index contributed by atoms with van der Waals surface area (Å²) >= 11 is 13.9. The summed E-state index contributed by atoms with van der Waals surface area (Å²) < 4.78 is 0. The molecular formula is C16H16Cl2N2O2S. The van der Waals surface area contributed by atoms with Gasteiger partial charge >= 0.3 is 0 Å². The number of benzene rings is 1. The van der Waals surface area contributed by atoms with Crippen LogP contribution in [0.15, 0.2) is 29.4 Å². The third kappa shape index (κ3) is 2.96. The van der Waals surface area contributed by atoms with Gasteiger partial charge in [0, 0.05) is 12.0 Å². The minimum atomic E-state index is -1.24. The average Bonchev–Trinajstić information content (AvgIpc) is 2.78. The van der Waals surface area contributed by atoms with Crippen LogP contribution in [0, 0.1) is 0 Å². The van der Waals surface area contributed by atoms with Crippen molar-refractivity contribution in [2.45, 2.75) is 35.6 Å². The molecule has 0 amide bonds. The Morgan fingerprint density at radius 3 is 2.78 bits per heavy atom. The van der Waals surface area contributed by atoms with E-state index >= 15 is 0 Å². The molecular weight excluding hydrogens is 355 g/mol. The number of hydrogen-bond acceptors (Lipinski definition) is 5. The highest BCUT2D eigenvalue weighted by Crippen LogP contribution is 2.43. The van der Waals surface area contributed by atoms with Crippen LogP contribution in [-0.4, -0.2) is 31.8 Å². The molecule has 2 unspecified atom stereocenters. The van der Waals surface area contributed by atoms with Gasteiger partial charge in [-0.25, -0.2) is 9.97 Å². The van der Waals surface area contributed by atoms with Crippen LogP contribution in [0.1, 0.15) is 22.4 Å². The first-order chi connectivity index (χ1) is 11.0. The lowest BCUT2D eigenvalue weighted by Crippen LogP contribution is -2.35. The summed E-state index contributed by atoms with van der Waals surface area (Å²) in [6.45, 7) is -0.284. The standard InChI is InChI=1S/C16H16Cl2N2O2S/c1-23-15-19-12(10(8-21)14(18)20-15)7-16(22)11-5-3-2-4-9(11)6-13(16)17/h2-5,13,21-22H,6-8H2,1H3. The van der Waals surface area contributed by atoms with Crippen LogP contribution in [-0.2, 0) is 25.0 Å². The minimum Gasteiger partial charge on any atom is -0.391 e. The van der Waals surface area contributed by atoms with Crippen molar-refractivity contribution in [3.8, 4) is 0 Å². The van der Waals surface area contributed by atoms with Gasteiger partial charge in [0.1, 0.15) is 10.8 Å². The molecule has 0 aliphatic heterocycles. The molecule has 2 atom stereocenters. The van der Waals surface area contributed by atoms with E-state index in [9.17, 15) is 10.2 Å². The second-order valence-corrected chi connectivity index (χ2v) is 7.17. The Kier molecular flexibility index (Phi) is 4.85. The third-order valence-electron chi connectivity index (χ3n) is 4.20. The second-order valence-electron chi connectivity index (χ2n) is 5.51. The zero-order chi connectivity index (χ0) is 16.6. The molecule has 1 aliphatic carbocycles. The Morgan fingerprint density at radius 1 is 1.35 bits per heavy atom. The number of nitrogens with zero attached hydrogens (tertiary/aromatic N) is 2. The van der Waals surface area contributed by atoms with E-state index in [1.807, 2.05) is 30.5 Å². The van der Waals surface area contributed by atoms with Crippen LogP contribution >= 0.6 is 35.0 Å². The van der Waals surface area contributed by atoms with Crippen molar-refractivity contribution in [2.24, 2.45) is 0 Å². The van der Waals surface area contributed by atoms with Crippen LogP contribution in [0.2, 0.25) is 5.15 Å². The summed E-state index contributed by atoms with van der Waals surface area (Å²) in [6, 6.07) is 7.66. The Bertz CT molecular complexity index is 744. The van der Waals surface area contributed by atoms with E-state index in [1.165, 1.54) is 11.8 Å². The zero-order valence-corrected chi connectivity index (χ0v) is 14.8. The molecule has 4 nitrogen and oxygen atoms in total. The predicted molar refractivity (Wildman–Crippen MR) is 92.1 cm³/mol. The van der Waals surface area contributed by atoms with Gasteiger partial charge in [0.25, 0.3) is 0 Å². The smallest absolute Gasteiger partial charge is 0.188 e. The van der Waals surface area contributed by atoms with Gasteiger partial charge in [-0.2, -0.15) is 0 Å². The lowest BCUT2D eigenvalue weighted by Gasteiger charge is -2.28. The van der Waals surface area contributed by atoms with E-state index in [-0.39, 0.29) is 18.2 Å². The molecule has 1 aliphatic rings. The van der Waals surface area contributed by atoms with Gasteiger partial charge in [0.05, 0.1) is 17.7 Å². The quantitative estimate of drug-likeness (QED) is 0.374. The van der Waals surface area contributed by atoms with E-state index in [2.05, 4.69) is 9.97 Å². The number of aromatic nitrogens is 2. The first kappa shape index (κ1) is 17.0. The Hall–Kier alpha value is -0.850. The van der Waals surface area contributed by atoms with Gasteiger partial charge < -0.3 is 10.2 Å². The van der Waals surface area contributed by atoms with Crippen LogP contribution < -0.4 is 0 Å². The second kappa shape index (κ2) is 6.57. The lowest BCUT2D eigenvalue weighted by molar-refractivity contribution is 0.0411. The highest BCUT2D eigenvalue weighted by atomic mass is 35.5. The van der Waals surface area contributed by atoms with Crippen molar-refractivity contribution in [3.05, 3.63) is 51.8 Å². The monoisotopic (exact) mass is 370 g/mol. The fourth-order valence-electron chi connectivity index (χ4n) is 2.98.